The first-order valence-electron chi connectivity index (χ1n) is 7.02. The van der Waals surface area contributed by atoms with Crippen LogP contribution in [-0.2, 0) is 9.53 Å². The Morgan fingerprint density at radius 3 is 2.68 bits per heavy atom. The highest BCUT2D eigenvalue weighted by Gasteiger charge is 2.17. The van der Waals surface area contributed by atoms with Crippen molar-refractivity contribution in [1.29, 1.82) is 0 Å². The zero-order valence-corrected chi connectivity index (χ0v) is 12.7. The van der Waals surface area contributed by atoms with Crippen LogP contribution in [0.15, 0.2) is 12.1 Å². The molecule has 0 aliphatic rings. The number of carbonyl (C=O) groups excluding carboxylic acids is 2. The maximum atomic E-state index is 11.1. The van der Waals surface area contributed by atoms with E-state index in [9.17, 15) is 19.7 Å². The quantitative estimate of drug-likeness (QED) is 0.229. The first-order chi connectivity index (χ1) is 10.5. The lowest BCUT2D eigenvalue weighted by molar-refractivity contribution is -0.385. The molecule has 0 saturated heterocycles. The van der Waals surface area contributed by atoms with E-state index >= 15 is 0 Å². The monoisotopic (exact) mass is 309 g/mol. The number of nitrogens with zero attached hydrogens (tertiary/aromatic N) is 1. The van der Waals surface area contributed by atoms with Crippen LogP contribution in [0, 0.1) is 17.0 Å². The van der Waals surface area contributed by atoms with Crippen LogP contribution in [0.25, 0.3) is 0 Å². The van der Waals surface area contributed by atoms with E-state index in [1.807, 2.05) is 0 Å². The second-order valence-corrected chi connectivity index (χ2v) is 4.66. The molecule has 0 aliphatic heterocycles. The number of esters is 1. The van der Waals surface area contributed by atoms with Gasteiger partial charge in [-0.15, -0.1) is 0 Å². The maximum absolute atomic E-state index is 11.1. The molecule has 0 saturated carbocycles. The lowest BCUT2D eigenvalue weighted by atomic mass is 10.1. The molecular formula is C15H19NO6. The van der Waals surface area contributed by atoms with Crippen LogP contribution in [0.1, 0.15) is 42.1 Å². The Bertz CT molecular complexity index is 555. The van der Waals surface area contributed by atoms with Crippen molar-refractivity contribution in [3.63, 3.8) is 0 Å². The molecule has 0 aromatic heterocycles. The number of hydrogen-bond donors (Lipinski definition) is 0. The van der Waals surface area contributed by atoms with Crippen LogP contribution in [0.4, 0.5) is 5.69 Å². The Labute approximate surface area is 128 Å². The molecule has 7 nitrogen and oxygen atoms in total. The lowest BCUT2D eigenvalue weighted by Gasteiger charge is -2.09. The van der Waals surface area contributed by atoms with Crippen molar-refractivity contribution in [3.8, 4) is 5.75 Å². The SMILES string of the molecule is CCOC(=O)CCCCOc1cc([N+](=O)[O-])c(C=O)cc1C. The number of carbonyl (C=O) groups is 2. The number of rotatable bonds is 9. The second-order valence-electron chi connectivity index (χ2n) is 4.66. The highest BCUT2D eigenvalue weighted by Crippen LogP contribution is 2.27. The van der Waals surface area contributed by atoms with Gasteiger partial charge in [0, 0.05) is 6.42 Å². The number of nitro groups is 1. The van der Waals surface area contributed by atoms with Gasteiger partial charge in [-0.25, -0.2) is 0 Å². The predicted molar refractivity (Wildman–Crippen MR) is 79.2 cm³/mol. The number of ether oxygens (including phenoxy) is 2. The van der Waals surface area contributed by atoms with Gasteiger partial charge in [0.25, 0.3) is 5.69 Å². The van der Waals surface area contributed by atoms with Crippen LogP contribution in [0.5, 0.6) is 5.75 Å². The molecule has 1 aromatic carbocycles. The van der Waals surface area contributed by atoms with Crippen molar-refractivity contribution in [2.45, 2.75) is 33.1 Å². The van der Waals surface area contributed by atoms with Crippen LogP contribution in [0.3, 0.4) is 0 Å². The Morgan fingerprint density at radius 1 is 1.36 bits per heavy atom. The van der Waals surface area contributed by atoms with Gasteiger partial charge in [0.15, 0.2) is 6.29 Å². The Kier molecular flexibility index (Phi) is 7.01. The molecule has 22 heavy (non-hydrogen) atoms. The summed E-state index contributed by atoms with van der Waals surface area (Å²) in [5.74, 6) is 0.123. The zero-order valence-electron chi connectivity index (χ0n) is 12.7. The maximum Gasteiger partial charge on any atom is 0.305 e. The molecule has 0 heterocycles. The van der Waals surface area contributed by atoms with E-state index in [1.165, 1.54) is 12.1 Å². The Hall–Kier alpha value is -2.44. The van der Waals surface area contributed by atoms with Gasteiger partial charge in [-0.05, 0) is 38.3 Å². The van der Waals surface area contributed by atoms with Crippen LogP contribution in [0.2, 0.25) is 0 Å². The third-order valence-corrected chi connectivity index (χ3v) is 2.99. The van der Waals surface area contributed by atoms with Crippen LogP contribution < -0.4 is 4.74 Å². The molecule has 0 bridgehead atoms. The summed E-state index contributed by atoms with van der Waals surface area (Å²) in [7, 11) is 0. The smallest absolute Gasteiger partial charge is 0.305 e. The molecule has 0 aliphatic carbocycles. The van der Waals surface area contributed by atoms with E-state index in [-0.39, 0.29) is 17.2 Å². The minimum absolute atomic E-state index is 0.0251. The van der Waals surface area contributed by atoms with Crippen molar-refractivity contribution >= 4 is 17.9 Å². The molecule has 0 radical (unpaired) electrons. The van der Waals surface area contributed by atoms with Gasteiger partial charge < -0.3 is 9.47 Å². The highest BCUT2D eigenvalue weighted by atomic mass is 16.6. The van der Waals surface area contributed by atoms with Crippen molar-refractivity contribution in [2.75, 3.05) is 13.2 Å². The van der Waals surface area contributed by atoms with Crippen molar-refractivity contribution in [3.05, 3.63) is 33.4 Å². The first-order valence-corrected chi connectivity index (χ1v) is 7.02. The second kappa shape index (κ2) is 8.76. The molecule has 0 fully saturated rings. The molecule has 0 unspecified atom stereocenters. The molecule has 1 rings (SSSR count). The fourth-order valence-electron chi connectivity index (χ4n) is 1.89. The fraction of sp³-hybridized carbons (Fsp3) is 0.467. The van der Waals surface area contributed by atoms with Gasteiger partial charge in [0.1, 0.15) is 5.75 Å². The van der Waals surface area contributed by atoms with Gasteiger partial charge in [-0.3, -0.25) is 19.7 Å². The predicted octanol–water partition coefficient (Wildman–Crippen LogP) is 2.83. The minimum atomic E-state index is -0.614. The van der Waals surface area contributed by atoms with Gasteiger partial charge in [-0.1, -0.05) is 0 Å². The third kappa shape index (κ3) is 5.16. The average Bonchev–Trinajstić information content (AvgIpc) is 2.47. The van der Waals surface area contributed by atoms with E-state index < -0.39 is 4.92 Å². The van der Waals surface area contributed by atoms with E-state index in [0.717, 1.165) is 0 Å². The largest absolute Gasteiger partial charge is 0.493 e. The number of nitro benzene ring substituents is 1. The number of aldehydes is 1. The number of benzene rings is 1. The van der Waals surface area contributed by atoms with E-state index in [4.69, 9.17) is 9.47 Å². The number of aryl methyl sites for hydroxylation is 1. The Balaban J connectivity index is 2.56. The molecule has 0 spiro atoms. The summed E-state index contributed by atoms with van der Waals surface area (Å²) in [5, 5.41) is 10.9. The normalized spacial score (nSPS) is 10.1. The molecule has 120 valence electrons. The van der Waals surface area contributed by atoms with E-state index in [1.54, 1.807) is 13.8 Å². The summed E-state index contributed by atoms with van der Waals surface area (Å²) in [6.07, 6.45) is 2.02. The van der Waals surface area contributed by atoms with E-state index in [2.05, 4.69) is 0 Å². The highest BCUT2D eigenvalue weighted by molar-refractivity contribution is 5.82. The summed E-state index contributed by atoms with van der Waals surface area (Å²) in [6, 6.07) is 2.68. The number of unbranched alkanes of at least 4 members (excludes halogenated alkanes) is 1. The van der Waals surface area contributed by atoms with Crippen molar-refractivity contribution in [2.24, 2.45) is 0 Å². The molecule has 0 atom stereocenters. The van der Waals surface area contributed by atoms with Crippen molar-refractivity contribution in [1.82, 2.24) is 0 Å². The van der Waals surface area contributed by atoms with Crippen LogP contribution in [-0.4, -0.2) is 30.4 Å². The third-order valence-electron chi connectivity index (χ3n) is 2.99. The Morgan fingerprint density at radius 2 is 2.09 bits per heavy atom. The average molecular weight is 309 g/mol. The fourth-order valence-corrected chi connectivity index (χ4v) is 1.89. The van der Waals surface area contributed by atoms with Gasteiger partial charge in [0.2, 0.25) is 0 Å². The molecule has 0 N–H and O–H groups in total. The zero-order chi connectivity index (χ0) is 16.5. The summed E-state index contributed by atoms with van der Waals surface area (Å²) < 4.78 is 10.3. The first kappa shape index (κ1) is 17.6. The molecular weight excluding hydrogens is 290 g/mol. The summed E-state index contributed by atoms with van der Waals surface area (Å²) >= 11 is 0. The van der Waals surface area contributed by atoms with Crippen LogP contribution >= 0.6 is 0 Å². The topological polar surface area (TPSA) is 95.7 Å². The van der Waals surface area contributed by atoms with Gasteiger partial charge >= 0.3 is 5.97 Å². The number of hydrogen-bond acceptors (Lipinski definition) is 6. The molecule has 0 amide bonds. The van der Waals surface area contributed by atoms with Gasteiger partial charge in [0.05, 0.1) is 29.8 Å². The van der Waals surface area contributed by atoms with E-state index in [0.29, 0.717) is 50.1 Å². The van der Waals surface area contributed by atoms with Gasteiger partial charge in [-0.2, -0.15) is 0 Å². The minimum Gasteiger partial charge on any atom is -0.493 e. The summed E-state index contributed by atoms with van der Waals surface area (Å²) in [4.78, 5) is 32.3. The summed E-state index contributed by atoms with van der Waals surface area (Å²) in [5.41, 5.74) is 0.400. The standard InChI is InChI=1S/C15H19NO6/c1-3-21-15(18)6-4-5-7-22-14-9-13(16(19)20)12(10-17)8-11(14)2/h8-10H,3-7H2,1-2H3. The summed E-state index contributed by atoms with van der Waals surface area (Å²) in [6.45, 7) is 4.16. The van der Waals surface area contributed by atoms with Crippen molar-refractivity contribution < 1.29 is 24.0 Å². The molecule has 1 aromatic rings. The lowest BCUT2D eigenvalue weighted by Crippen LogP contribution is -2.06. The molecule has 7 heteroatoms.